The normalized spacial score (nSPS) is 14.3. The maximum Gasteiger partial charge on any atom is 0.305 e. The third-order valence-corrected chi connectivity index (χ3v) is 7.20. The summed E-state index contributed by atoms with van der Waals surface area (Å²) in [5.74, 6) is 2.73. The number of hydrogen-bond donors (Lipinski definition) is 0. The summed E-state index contributed by atoms with van der Waals surface area (Å²) in [5, 5.41) is 0.475. The van der Waals surface area contributed by atoms with Crippen molar-refractivity contribution in [2.24, 2.45) is 5.92 Å². The topological polar surface area (TPSA) is 39.2 Å². The van der Waals surface area contributed by atoms with Crippen molar-refractivity contribution in [2.45, 2.75) is 26.7 Å². The quantitative estimate of drug-likeness (QED) is 0.397. The van der Waals surface area contributed by atoms with Gasteiger partial charge in [0.2, 0.25) is 0 Å². The lowest BCUT2D eigenvalue weighted by molar-refractivity contribution is 0.413. The fraction of sp³-hybridized carbons (Fsp3) is 0.240. The Bertz CT molecular complexity index is 1210. The van der Waals surface area contributed by atoms with Gasteiger partial charge in [-0.05, 0) is 47.3 Å². The summed E-state index contributed by atoms with van der Waals surface area (Å²) in [5.41, 5.74) is 8.65. The summed E-state index contributed by atoms with van der Waals surface area (Å²) in [6, 6.07) is 14.5. The number of rotatable bonds is 3. The monoisotopic (exact) mass is 419 g/mol. The van der Waals surface area contributed by atoms with E-state index >= 15 is 0 Å². The van der Waals surface area contributed by atoms with Crippen LogP contribution < -0.4 is 5.30 Å². The highest BCUT2D eigenvalue weighted by molar-refractivity contribution is 7.72. The Kier molecular flexibility index (Phi) is 5.60. The highest BCUT2D eigenvalue weighted by Crippen LogP contribution is 2.49. The molecule has 0 spiro atoms. The molecule has 1 atom stereocenters. The van der Waals surface area contributed by atoms with Crippen molar-refractivity contribution in [3.05, 3.63) is 71.7 Å². The van der Waals surface area contributed by atoms with E-state index in [4.69, 9.17) is 9.51 Å². The second kappa shape index (κ2) is 8.19. The smallest absolute Gasteiger partial charge is 0.305 e. The van der Waals surface area contributed by atoms with E-state index in [1.807, 2.05) is 26.0 Å². The molecule has 0 radical (unpaired) electrons. The van der Waals surface area contributed by atoms with Crippen molar-refractivity contribution < 1.29 is 13.5 Å². The minimum Gasteiger partial charge on any atom is -0.320 e. The number of fused-ring (bicyclic) bond motifs is 3. The molecule has 152 valence electrons. The van der Waals surface area contributed by atoms with Gasteiger partial charge in [-0.3, -0.25) is 9.55 Å². The Hall–Kier alpha value is -2.73. The molecule has 1 aromatic heterocycles. The van der Waals surface area contributed by atoms with Crippen LogP contribution in [-0.4, -0.2) is 12.1 Å². The zero-order valence-corrected chi connectivity index (χ0v) is 18.2. The first-order chi connectivity index (χ1) is 14.4. The van der Waals surface area contributed by atoms with Crippen molar-refractivity contribution in [1.82, 2.24) is 4.98 Å². The van der Waals surface area contributed by atoms with Crippen LogP contribution in [0.1, 0.15) is 25.0 Å². The van der Waals surface area contributed by atoms with Gasteiger partial charge in [-0.25, -0.2) is 4.39 Å². The molecule has 4 rings (SSSR count). The SMILES string of the molecule is COP(=O)(C#CC(C)C)c1cnc2c(c1-c1ccc(F)cc1)CCc1ccccc1-2. The van der Waals surface area contributed by atoms with Gasteiger partial charge in [0.05, 0.1) is 11.0 Å². The van der Waals surface area contributed by atoms with Crippen LogP contribution in [0.4, 0.5) is 4.39 Å². The molecule has 0 aliphatic heterocycles. The minimum atomic E-state index is -3.47. The summed E-state index contributed by atoms with van der Waals surface area (Å²) >= 11 is 0. The van der Waals surface area contributed by atoms with Crippen LogP contribution in [0.15, 0.2) is 54.7 Å². The average molecular weight is 419 g/mol. The van der Waals surface area contributed by atoms with Gasteiger partial charge in [-0.1, -0.05) is 56.2 Å². The maximum absolute atomic E-state index is 13.8. The number of benzene rings is 2. The standard InChI is InChI=1S/C25H23FNO2P/c1-17(2)14-15-30(28,29-3)23-16-27-25-21-7-5-4-6-18(21)10-13-22(25)24(23)19-8-11-20(26)12-9-19/h4-9,11-12,16-17H,10,13H2,1-3H3. The second-order valence-corrected chi connectivity index (χ2v) is 9.83. The van der Waals surface area contributed by atoms with Crippen molar-refractivity contribution >= 4 is 12.7 Å². The van der Waals surface area contributed by atoms with Gasteiger partial charge >= 0.3 is 7.37 Å². The molecule has 0 bridgehead atoms. The lowest BCUT2D eigenvalue weighted by Gasteiger charge is -2.25. The van der Waals surface area contributed by atoms with E-state index in [9.17, 15) is 8.96 Å². The summed E-state index contributed by atoms with van der Waals surface area (Å²) in [6.45, 7) is 3.88. The molecule has 1 aliphatic carbocycles. The lowest BCUT2D eigenvalue weighted by Crippen LogP contribution is -2.17. The fourth-order valence-corrected chi connectivity index (χ4v) is 5.43. The average Bonchev–Trinajstić information content (AvgIpc) is 2.77. The van der Waals surface area contributed by atoms with Crippen molar-refractivity contribution in [2.75, 3.05) is 7.11 Å². The maximum atomic E-state index is 13.8. The largest absolute Gasteiger partial charge is 0.320 e. The predicted octanol–water partition coefficient (Wildman–Crippen LogP) is 5.82. The van der Waals surface area contributed by atoms with Crippen LogP contribution in [0.2, 0.25) is 0 Å². The van der Waals surface area contributed by atoms with Crippen molar-refractivity contribution in [1.29, 1.82) is 0 Å². The molecule has 5 heteroatoms. The molecule has 1 aliphatic rings. The molecule has 0 N–H and O–H groups in total. The third-order valence-electron chi connectivity index (χ3n) is 5.28. The van der Waals surface area contributed by atoms with Crippen molar-refractivity contribution in [3.63, 3.8) is 0 Å². The number of nitrogens with zero attached hydrogens (tertiary/aromatic N) is 1. The van der Waals surface area contributed by atoms with E-state index in [2.05, 4.69) is 23.7 Å². The Labute approximate surface area is 176 Å². The Balaban J connectivity index is 2.02. The summed E-state index contributed by atoms with van der Waals surface area (Å²) in [6.07, 6.45) is 3.23. The lowest BCUT2D eigenvalue weighted by atomic mass is 9.85. The van der Waals surface area contributed by atoms with Crippen LogP contribution in [-0.2, 0) is 21.9 Å². The van der Waals surface area contributed by atoms with E-state index in [0.717, 1.165) is 40.8 Å². The van der Waals surface area contributed by atoms with Gasteiger partial charge in [0, 0.05) is 30.4 Å². The molecule has 2 aromatic carbocycles. The molecule has 3 aromatic rings. The summed E-state index contributed by atoms with van der Waals surface area (Å²) in [7, 11) is -2.05. The van der Waals surface area contributed by atoms with E-state index in [0.29, 0.717) is 5.30 Å². The highest BCUT2D eigenvalue weighted by Gasteiger charge is 2.31. The molecule has 3 nitrogen and oxygen atoms in total. The van der Waals surface area contributed by atoms with Gasteiger partial charge in [-0.15, -0.1) is 0 Å². The van der Waals surface area contributed by atoms with E-state index < -0.39 is 7.37 Å². The fourth-order valence-electron chi connectivity index (χ4n) is 3.83. The molecule has 1 unspecified atom stereocenters. The van der Waals surface area contributed by atoms with Gasteiger partial charge in [0.15, 0.2) is 0 Å². The Morgan fingerprint density at radius 2 is 1.83 bits per heavy atom. The molecule has 30 heavy (non-hydrogen) atoms. The zero-order valence-electron chi connectivity index (χ0n) is 17.3. The third kappa shape index (κ3) is 3.72. The molecule has 0 amide bonds. The zero-order chi connectivity index (χ0) is 21.3. The minimum absolute atomic E-state index is 0.0557. The summed E-state index contributed by atoms with van der Waals surface area (Å²) in [4.78, 5) is 4.71. The number of halogens is 1. The van der Waals surface area contributed by atoms with Crippen LogP contribution in [0.25, 0.3) is 22.4 Å². The molecule has 0 saturated carbocycles. The first-order valence-electron chi connectivity index (χ1n) is 9.98. The Morgan fingerprint density at radius 1 is 1.10 bits per heavy atom. The van der Waals surface area contributed by atoms with Crippen LogP contribution in [0.5, 0.6) is 0 Å². The second-order valence-electron chi connectivity index (χ2n) is 7.65. The van der Waals surface area contributed by atoms with Crippen LogP contribution >= 0.6 is 7.37 Å². The first-order valence-corrected chi connectivity index (χ1v) is 11.6. The molecule has 0 saturated heterocycles. The van der Waals surface area contributed by atoms with E-state index in [1.165, 1.54) is 24.8 Å². The van der Waals surface area contributed by atoms with Gasteiger partial charge in [0.25, 0.3) is 0 Å². The van der Waals surface area contributed by atoms with Crippen LogP contribution in [0, 0.1) is 23.3 Å². The van der Waals surface area contributed by atoms with Crippen LogP contribution in [0.3, 0.4) is 0 Å². The van der Waals surface area contributed by atoms with E-state index in [-0.39, 0.29) is 11.7 Å². The van der Waals surface area contributed by atoms with Gasteiger partial charge < -0.3 is 4.52 Å². The summed E-state index contributed by atoms with van der Waals surface area (Å²) < 4.78 is 32.9. The highest BCUT2D eigenvalue weighted by atomic mass is 31.2. The molecular weight excluding hydrogens is 396 g/mol. The number of aryl methyl sites for hydroxylation is 1. The van der Waals surface area contributed by atoms with E-state index in [1.54, 1.807) is 18.3 Å². The number of hydrogen-bond acceptors (Lipinski definition) is 3. The number of aromatic nitrogens is 1. The molecular formula is C25H23FNO2P. The molecule has 1 heterocycles. The molecule has 0 fully saturated rings. The first kappa shape index (κ1) is 20.5. The predicted molar refractivity (Wildman–Crippen MR) is 119 cm³/mol. The van der Waals surface area contributed by atoms with Crippen molar-refractivity contribution in [3.8, 4) is 34.0 Å². The number of pyridine rings is 1. The van der Waals surface area contributed by atoms with Gasteiger partial charge in [0.1, 0.15) is 5.82 Å². The Morgan fingerprint density at radius 3 is 2.53 bits per heavy atom. The van der Waals surface area contributed by atoms with Gasteiger partial charge in [-0.2, -0.15) is 0 Å².